The molecule has 0 saturated carbocycles. The van der Waals surface area contributed by atoms with Crippen LogP contribution >= 0.6 is 0 Å². The van der Waals surface area contributed by atoms with Crippen molar-refractivity contribution >= 4 is 0 Å². The molecule has 0 N–H and O–H groups in total. The molecule has 1 radical (unpaired) electrons. The predicted molar refractivity (Wildman–Crippen MR) is 95.1 cm³/mol. The maximum atomic E-state index is 5.72. The van der Waals surface area contributed by atoms with E-state index in [2.05, 4.69) is 5.32 Å². The summed E-state index contributed by atoms with van der Waals surface area (Å²) >= 11 is 0. The fourth-order valence-electron chi connectivity index (χ4n) is 1.51. The second kappa shape index (κ2) is 18.4. The third kappa shape index (κ3) is 10.9. The molecule has 0 aliphatic carbocycles. The van der Waals surface area contributed by atoms with Gasteiger partial charge < -0.3 is 17.5 Å². The van der Waals surface area contributed by atoms with E-state index in [1.54, 1.807) is 0 Å². The number of ether oxygens (including phenoxy) is 1. The van der Waals surface area contributed by atoms with E-state index in [9.17, 15) is 0 Å². The molecule has 0 saturated heterocycles. The molecule has 0 aliphatic rings. The quantitative estimate of drug-likeness (QED) is 0.560. The van der Waals surface area contributed by atoms with Crippen molar-refractivity contribution in [2.24, 2.45) is 0 Å². The van der Waals surface area contributed by atoms with Crippen LogP contribution in [0.1, 0.15) is 33.3 Å². The van der Waals surface area contributed by atoms with E-state index < -0.39 is 0 Å². The molecule has 2 nitrogen and oxygen atoms in total. The van der Waals surface area contributed by atoms with Gasteiger partial charge in [0.15, 0.2) is 0 Å². The Morgan fingerprint density at radius 2 is 1.36 bits per heavy atom. The van der Waals surface area contributed by atoms with Gasteiger partial charge in [0, 0.05) is 32.7 Å². The Morgan fingerprint density at radius 3 is 1.91 bits per heavy atom. The first-order valence-corrected chi connectivity index (χ1v) is 7.26. The van der Waals surface area contributed by atoms with Crippen LogP contribution in [-0.2, 0) is 39.3 Å². The van der Waals surface area contributed by atoms with Crippen LogP contribution in [0.25, 0.3) is 5.32 Å². The van der Waals surface area contributed by atoms with E-state index in [4.69, 9.17) is 4.74 Å². The first kappa shape index (κ1) is 26.2. The maximum Gasteiger partial charge on any atom is 0.127 e. The van der Waals surface area contributed by atoms with Gasteiger partial charge in [0.25, 0.3) is 0 Å². The van der Waals surface area contributed by atoms with Crippen molar-refractivity contribution in [1.82, 2.24) is 0 Å². The molecule has 0 heterocycles. The van der Waals surface area contributed by atoms with Crippen LogP contribution in [0.15, 0.2) is 54.6 Å². The van der Waals surface area contributed by atoms with E-state index in [0.29, 0.717) is 0 Å². The molecule has 0 unspecified atom stereocenters. The molecule has 0 aliphatic heterocycles. The van der Waals surface area contributed by atoms with Crippen LogP contribution < -0.4 is 4.74 Å². The van der Waals surface area contributed by atoms with Gasteiger partial charge in [-0.1, -0.05) is 63.6 Å². The summed E-state index contributed by atoms with van der Waals surface area (Å²) in [6, 6.07) is 17.8. The van der Waals surface area contributed by atoms with Crippen molar-refractivity contribution in [3.63, 3.8) is 0 Å². The molecule has 0 aromatic heterocycles. The van der Waals surface area contributed by atoms with Crippen LogP contribution in [-0.4, -0.2) is 7.05 Å². The number of hydrogen-bond acceptors (Lipinski definition) is 1. The van der Waals surface area contributed by atoms with Crippen molar-refractivity contribution in [3.8, 4) is 11.5 Å². The van der Waals surface area contributed by atoms with Gasteiger partial charge >= 0.3 is 0 Å². The van der Waals surface area contributed by atoms with Crippen LogP contribution in [0.3, 0.4) is 0 Å². The first-order chi connectivity index (χ1) is 9.88. The zero-order valence-electron chi connectivity index (χ0n) is 14.8. The van der Waals surface area contributed by atoms with Crippen molar-refractivity contribution < 1.29 is 37.4 Å². The monoisotopic (exact) mass is 376 g/mol. The van der Waals surface area contributed by atoms with Gasteiger partial charge in [-0.2, -0.15) is 7.05 Å². The summed E-state index contributed by atoms with van der Waals surface area (Å²) in [5, 5.41) is 4.10. The molecule has 0 fully saturated rings. The molecule has 0 amide bonds. The standard InChI is InChI=1S/C14H14NO.2C2H6.CH3.Y/c1-15-11-12-6-5-9-14(10-12)16-13-7-3-2-4-8-13;2*1-2;;/h2-10H,11H2,1H3;2*1-2H3;1H3;/q-1;;;-1;. The first-order valence-electron chi connectivity index (χ1n) is 7.26. The minimum absolute atomic E-state index is 0. The van der Waals surface area contributed by atoms with Crippen LogP contribution in [0.5, 0.6) is 11.5 Å². The number of rotatable bonds is 4. The number of hydrogen-bond donors (Lipinski definition) is 0. The van der Waals surface area contributed by atoms with Gasteiger partial charge in [0.05, 0.1) is 0 Å². The van der Waals surface area contributed by atoms with Gasteiger partial charge in [-0.15, -0.1) is 6.54 Å². The molecule has 2 aromatic carbocycles. The Hall–Kier alpha value is -0.696. The average molecular weight is 376 g/mol. The van der Waals surface area contributed by atoms with Gasteiger partial charge in [0.1, 0.15) is 11.5 Å². The van der Waals surface area contributed by atoms with Crippen molar-refractivity contribution in [3.05, 3.63) is 72.9 Å². The third-order valence-electron chi connectivity index (χ3n) is 2.22. The van der Waals surface area contributed by atoms with E-state index in [1.165, 1.54) is 0 Å². The topological polar surface area (TPSA) is 23.3 Å². The molecule has 3 heteroatoms. The van der Waals surface area contributed by atoms with E-state index in [-0.39, 0.29) is 40.1 Å². The summed E-state index contributed by atoms with van der Waals surface area (Å²) in [6.45, 7) is 8.73. The number of benzene rings is 2. The van der Waals surface area contributed by atoms with Gasteiger partial charge in [-0.05, 0) is 24.3 Å². The Balaban J connectivity index is -0.000000557. The third-order valence-corrected chi connectivity index (χ3v) is 2.22. The van der Waals surface area contributed by atoms with Crippen molar-refractivity contribution in [2.75, 3.05) is 7.05 Å². The van der Waals surface area contributed by atoms with Crippen LogP contribution in [0.4, 0.5) is 0 Å². The SMILES string of the molecule is CC.CC.C[N-]Cc1cccc(Oc2ccccc2)c1.[CH3-].[Y]. The van der Waals surface area contributed by atoms with Crippen LogP contribution in [0, 0.1) is 7.43 Å². The summed E-state index contributed by atoms with van der Waals surface area (Å²) in [5.74, 6) is 1.71. The predicted octanol–water partition coefficient (Wildman–Crippen LogP) is 6.48. The zero-order valence-corrected chi connectivity index (χ0v) is 17.7. The Labute approximate surface area is 162 Å². The average Bonchev–Trinajstić information content (AvgIpc) is 2.53. The van der Waals surface area contributed by atoms with E-state index >= 15 is 0 Å². The maximum absolute atomic E-state index is 5.72. The van der Waals surface area contributed by atoms with Gasteiger partial charge in [-0.3, -0.25) is 0 Å². The molecule has 121 valence electrons. The summed E-state index contributed by atoms with van der Waals surface area (Å²) in [4.78, 5) is 0. The summed E-state index contributed by atoms with van der Waals surface area (Å²) in [6.07, 6.45) is 0. The Bertz CT molecular complexity index is 446. The summed E-state index contributed by atoms with van der Waals surface area (Å²) < 4.78 is 5.72. The van der Waals surface area contributed by atoms with Crippen molar-refractivity contribution in [1.29, 1.82) is 0 Å². The minimum atomic E-state index is 0. The van der Waals surface area contributed by atoms with Gasteiger partial charge in [0.2, 0.25) is 0 Å². The smallest absolute Gasteiger partial charge is 0.127 e. The van der Waals surface area contributed by atoms with E-state index in [0.717, 1.165) is 23.6 Å². The molecule has 0 bridgehead atoms. The van der Waals surface area contributed by atoms with Crippen molar-refractivity contribution in [2.45, 2.75) is 34.2 Å². The normalized spacial score (nSPS) is 7.86. The van der Waals surface area contributed by atoms with Gasteiger partial charge in [-0.25, -0.2) is 0 Å². The summed E-state index contributed by atoms with van der Waals surface area (Å²) in [5.41, 5.74) is 1.16. The minimum Gasteiger partial charge on any atom is -0.661 e. The molecule has 0 atom stereocenters. The molecular weight excluding hydrogens is 347 g/mol. The number of para-hydroxylation sites is 1. The van der Waals surface area contributed by atoms with Crippen LogP contribution in [0.2, 0.25) is 0 Å². The Kier molecular flexibility index (Phi) is 21.9. The largest absolute Gasteiger partial charge is 0.661 e. The molecule has 0 spiro atoms. The number of nitrogens with zero attached hydrogens (tertiary/aromatic N) is 1. The zero-order chi connectivity index (χ0) is 15.2. The fraction of sp³-hybridized carbons (Fsp3) is 0.316. The second-order valence-electron chi connectivity index (χ2n) is 3.54. The second-order valence-corrected chi connectivity index (χ2v) is 3.54. The molecule has 2 rings (SSSR count). The van der Waals surface area contributed by atoms with E-state index in [1.807, 2.05) is 89.3 Å². The molecule has 2 aromatic rings. The Morgan fingerprint density at radius 1 is 0.818 bits per heavy atom. The fourth-order valence-corrected chi connectivity index (χ4v) is 1.51. The molecule has 22 heavy (non-hydrogen) atoms. The molecular formula is C19H29NOY-2. The summed E-state index contributed by atoms with van der Waals surface area (Å²) in [7, 11) is 1.81.